The Bertz CT molecular complexity index is 1090. The maximum Gasteiger partial charge on any atom is 0.380 e. The maximum absolute atomic E-state index is 13.2. The van der Waals surface area contributed by atoms with Crippen molar-refractivity contribution in [2.45, 2.75) is 49.8 Å². The van der Waals surface area contributed by atoms with Crippen LogP contribution in [0.3, 0.4) is 0 Å². The van der Waals surface area contributed by atoms with Gasteiger partial charge in [0.25, 0.3) is 5.78 Å². The fraction of sp³-hybridized carbons (Fsp3) is 0.455. The van der Waals surface area contributed by atoms with E-state index in [4.69, 9.17) is 4.74 Å². The number of Topliss-reactive ketones (excluding diaryl/α,β-unsaturated/α-hetero) is 1. The Morgan fingerprint density at radius 2 is 1.84 bits per heavy atom. The Balaban J connectivity index is 1.78. The van der Waals surface area contributed by atoms with E-state index in [0.717, 1.165) is 48.8 Å². The number of aromatic nitrogens is 1. The number of amides is 1. The quantitative estimate of drug-likeness (QED) is 0.332. The molecule has 1 heterocycles. The molecule has 0 saturated heterocycles. The van der Waals surface area contributed by atoms with Crippen LogP contribution in [0, 0.1) is 5.92 Å². The van der Waals surface area contributed by atoms with Crippen molar-refractivity contribution >= 4 is 44.0 Å². The smallest absolute Gasteiger partial charge is 0.380 e. The van der Waals surface area contributed by atoms with E-state index < -0.39 is 27.5 Å². The van der Waals surface area contributed by atoms with E-state index in [1.54, 1.807) is 19.1 Å². The molecule has 0 aliphatic heterocycles. The van der Waals surface area contributed by atoms with Crippen LogP contribution in [-0.2, 0) is 24.2 Å². The summed E-state index contributed by atoms with van der Waals surface area (Å²) in [6.45, 7) is 1.70. The number of nitrogens with zero attached hydrogens (tertiary/aromatic N) is 1. The second-order valence-electron chi connectivity index (χ2n) is 7.85. The Morgan fingerprint density at radius 1 is 1.19 bits per heavy atom. The summed E-state index contributed by atoms with van der Waals surface area (Å²) in [6.07, 6.45) is 7.41. The van der Waals surface area contributed by atoms with Gasteiger partial charge in [-0.25, -0.2) is 18.2 Å². The fourth-order valence-electron chi connectivity index (χ4n) is 3.85. The van der Waals surface area contributed by atoms with Gasteiger partial charge in [-0.2, -0.15) is 0 Å². The van der Waals surface area contributed by atoms with E-state index in [0.29, 0.717) is 12.3 Å². The number of hydrogen-bond acceptors (Lipinski definition) is 8. The first-order valence-corrected chi connectivity index (χ1v) is 13.2. The van der Waals surface area contributed by atoms with Gasteiger partial charge in [-0.05, 0) is 37.0 Å². The highest BCUT2D eigenvalue weighted by Gasteiger charge is 2.28. The van der Waals surface area contributed by atoms with E-state index in [9.17, 15) is 22.8 Å². The molecule has 1 N–H and O–H groups in total. The number of rotatable bonds is 9. The number of thiazole rings is 1. The van der Waals surface area contributed by atoms with Gasteiger partial charge in [0, 0.05) is 6.26 Å². The van der Waals surface area contributed by atoms with E-state index in [-0.39, 0.29) is 27.4 Å². The van der Waals surface area contributed by atoms with Gasteiger partial charge in [0.15, 0.2) is 15.0 Å². The number of hydrogen-bond donors (Lipinski definition) is 1. The van der Waals surface area contributed by atoms with Crippen molar-refractivity contribution in [1.29, 1.82) is 0 Å². The molecule has 0 spiro atoms. The van der Waals surface area contributed by atoms with E-state index in [2.05, 4.69) is 10.3 Å². The van der Waals surface area contributed by atoms with Crippen LogP contribution in [-0.4, -0.2) is 43.9 Å². The summed E-state index contributed by atoms with van der Waals surface area (Å²) in [5.41, 5.74) is 0.723. The second-order valence-corrected chi connectivity index (χ2v) is 10.9. The van der Waals surface area contributed by atoms with Crippen LogP contribution in [0.25, 0.3) is 0 Å². The monoisotopic (exact) mass is 478 g/mol. The molecule has 1 fully saturated rings. The molecule has 1 saturated carbocycles. The number of sulfone groups is 1. The molecule has 1 aliphatic carbocycles. The highest BCUT2D eigenvalue weighted by atomic mass is 32.2. The first kappa shape index (κ1) is 24.1. The van der Waals surface area contributed by atoms with Crippen molar-refractivity contribution in [2.24, 2.45) is 5.92 Å². The summed E-state index contributed by atoms with van der Waals surface area (Å²) >= 11 is 0.912. The van der Waals surface area contributed by atoms with E-state index >= 15 is 0 Å². The minimum Gasteiger partial charge on any atom is -0.460 e. The van der Waals surface area contributed by atoms with Crippen molar-refractivity contribution in [3.8, 4) is 0 Å². The van der Waals surface area contributed by atoms with Gasteiger partial charge in [-0.15, -0.1) is 0 Å². The number of ketones is 1. The van der Waals surface area contributed by atoms with Crippen molar-refractivity contribution in [3.63, 3.8) is 0 Å². The molecule has 1 aromatic heterocycles. The Kier molecular flexibility index (Phi) is 7.78. The van der Waals surface area contributed by atoms with Crippen LogP contribution in [0.2, 0.25) is 0 Å². The number of carbonyl (C=O) groups is 3. The molecule has 0 bridgehead atoms. The Hall–Kier alpha value is -2.59. The number of anilines is 1. The first-order chi connectivity index (χ1) is 15.2. The normalized spacial score (nSPS) is 15.3. The number of carbonyl (C=O) groups excluding carboxylic acids is 3. The predicted octanol–water partition coefficient (Wildman–Crippen LogP) is 3.60. The van der Waals surface area contributed by atoms with Gasteiger partial charge < -0.3 is 10.1 Å². The zero-order valence-electron chi connectivity index (χ0n) is 18.0. The summed E-state index contributed by atoms with van der Waals surface area (Å²) in [6, 6.07) is 6.37. The predicted molar refractivity (Wildman–Crippen MR) is 121 cm³/mol. The standard InChI is InChI=1S/C22H26N2O6S2/c1-3-30-21(27)19(25)18-13-23-22(31-18)24-20(26)17(12-14-6-4-5-7-14)15-8-10-16(11-9-15)32(2,28)29/h8-11,13-14,17H,3-7,12H2,1-2H3,(H,23,24,26). The second kappa shape index (κ2) is 10.4. The van der Waals surface area contributed by atoms with Gasteiger partial charge in [-0.3, -0.25) is 9.59 Å². The van der Waals surface area contributed by atoms with Crippen LogP contribution in [0.15, 0.2) is 35.4 Å². The van der Waals surface area contributed by atoms with Crippen LogP contribution in [0.4, 0.5) is 5.13 Å². The lowest BCUT2D eigenvalue weighted by Crippen LogP contribution is -2.23. The average molecular weight is 479 g/mol. The van der Waals surface area contributed by atoms with Gasteiger partial charge in [0.1, 0.15) is 4.88 Å². The van der Waals surface area contributed by atoms with E-state index in [1.165, 1.54) is 18.3 Å². The van der Waals surface area contributed by atoms with Gasteiger partial charge >= 0.3 is 5.97 Å². The van der Waals surface area contributed by atoms with Crippen LogP contribution >= 0.6 is 11.3 Å². The molecule has 10 heteroatoms. The van der Waals surface area contributed by atoms with Gasteiger partial charge in [0.05, 0.1) is 23.6 Å². The van der Waals surface area contributed by atoms with Crippen LogP contribution in [0.5, 0.6) is 0 Å². The lowest BCUT2D eigenvalue weighted by molar-refractivity contribution is -0.137. The minimum atomic E-state index is -3.33. The third-order valence-electron chi connectivity index (χ3n) is 5.49. The Morgan fingerprint density at radius 3 is 2.44 bits per heavy atom. The third kappa shape index (κ3) is 6.01. The lowest BCUT2D eigenvalue weighted by atomic mass is 9.87. The molecule has 2 aromatic rings. The largest absolute Gasteiger partial charge is 0.460 e. The van der Waals surface area contributed by atoms with Crippen LogP contribution in [0.1, 0.15) is 60.2 Å². The molecule has 1 aromatic carbocycles. The number of benzene rings is 1. The topological polar surface area (TPSA) is 120 Å². The highest BCUT2D eigenvalue weighted by molar-refractivity contribution is 7.90. The summed E-state index contributed by atoms with van der Waals surface area (Å²) < 4.78 is 28.2. The molecule has 172 valence electrons. The summed E-state index contributed by atoms with van der Waals surface area (Å²) in [5.74, 6) is -2.12. The Labute approximate surface area is 191 Å². The average Bonchev–Trinajstić information content (AvgIpc) is 3.43. The number of nitrogens with one attached hydrogen (secondary N) is 1. The van der Waals surface area contributed by atoms with Crippen LogP contribution < -0.4 is 5.32 Å². The lowest BCUT2D eigenvalue weighted by Gasteiger charge is -2.20. The summed E-state index contributed by atoms with van der Waals surface area (Å²) in [7, 11) is -3.33. The maximum atomic E-state index is 13.2. The van der Waals surface area contributed by atoms with Gasteiger partial charge in [-0.1, -0.05) is 49.2 Å². The molecule has 32 heavy (non-hydrogen) atoms. The van der Waals surface area contributed by atoms with Crippen molar-refractivity contribution in [3.05, 3.63) is 40.9 Å². The molecular weight excluding hydrogens is 452 g/mol. The van der Waals surface area contributed by atoms with E-state index in [1.807, 2.05) is 0 Å². The molecule has 1 aliphatic rings. The SMILES string of the molecule is CCOC(=O)C(=O)c1cnc(NC(=O)C(CC2CCCC2)c2ccc(S(C)(=O)=O)cc2)s1. The fourth-order valence-corrected chi connectivity index (χ4v) is 5.23. The van der Waals surface area contributed by atoms with Crippen molar-refractivity contribution in [2.75, 3.05) is 18.2 Å². The number of ether oxygens (including phenoxy) is 1. The molecule has 3 rings (SSSR count). The number of esters is 1. The van der Waals surface area contributed by atoms with Crippen molar-refractivity contribution in [1.82, 2.24) is 4.98 Å². The third-order valence-corrected chi connectivity index (χ3v) is 7.53. The minimum absolute atomic E-state index is 0.0867. The molecule has 0 radical (unpaired) electrons. The molecule has 8 nitrogen and oxygen atoms in total. The molecule has 1 amide bonds. The molecular formula is C22H26N2O6S2. The zero-order valence-corrected chi connectivity index (χ0v) is 19.6. The molecule has 1 atom stereocenters. The zero-order chi connectivity index (χ0) is 23.3. The molecule has 1 unspecified atom stereocenters. The van der Waals surface area contributed by atoms with Crippen molar-refractivity contribution < 1.29 is 27.5 Å². The van der Waals surface area contributed by atoms with Gasteiger partial charge in [0.2, 0.25) is 5.91 Å². The summed E-state index contributed by atoms with van der Waals surface area (Å²) in [5, 5.41) is 2.97. The first-order valence-electron chi connectivity index (χ1n) is 10.5. The highest BCUT2D eigenvalue weighted by Crippen LogP contribution is 2.35. The summed E-state index contributed by atoms with van der Waals surface area (Å²) in [4.78, 5) is 41.2.